The van der Waals surface area contributed by atoms with Crippen LogP contribution in [0.25, 0.3) is 11.1 Å². The molecule has 2 N–H and O–H groups in total. The zero-order valence-electron chi connectivity index (χ0n) is 23.0. The SMILES string of the molecule is COc1ccccc1CC(C)N(C)CCCN1CCC(NC(=O)Nc2ccccc2-c2ccccc2)CC1. The number of likely N-dealkylation sites (tertiary alicyclic amines) is 1. The average Bonchev–Trinajstić information content (AvgIpc) is 2.95. The van der Waals surface area contributed by atoms with Gasteiger partial charge in [0.1, 0.15) is 5.75 Å². The molecule has 0 radical (unpaired) electrons. The van der Waals surface area contributed by atoms with Crippen LogP contribution in [0.4, 0.5) is 10.5 Å². The molecule has 1 fully saturated rings. The predicted molar refractivity (Wildman–Crippen MR) is 157 cm³/mol. The fraction of sp³-hybridized carbons (Fsp3) is 0.406. The molecule has 202 valence electrons. The van der Waals surface area contributed by atoms with Gasteiger partial charge in [-0.1, -0.05) is 66.7 Å². The zero-order chi connectivity index (χ0) is 26.7. The summed E-state index contributed by atoms with van der Waals surface area (Å²) in [4.78, 5) is 17.7. The van der Waals surface area contributed by atoms with Crippen LogP contribution in [0.15, 0.2) is 78.9 Å². The molecule has 1 atom stereocenters. The summed E-state index contributed by atoms with van der Waals surface area (Å²) in [7, 11) is 3.95. The molecule has 1 aliphatic rings. The van der Waals surface area contributed by atoms with Crippen molar-refractivity contribution in [2.24, 2.45) is 0 Å². The fourth-order valence-electron chi connectivity index (χ4n) is 5.22. The monoisotopic (exact) mass is 514 g/mol. The Bertz CT molecular complexity index is 1140. The van der Waals surface area contributed by atoms with Crippen molar-refractivity contribution in [3.63, 3.8) is 0 Å². The lowest BCUT2D eigenvalue weighted by Crippen LogP contribution is -2.46. The predicted octanol–water partition coefficient (Wildman–Crippen LogP) is 5.90. The van der Waals surface area contributed by atoms with Crippen molar-refractivity contribution in [3.8, 4) is 16.9 Å². The topological polar surface area (TPSA) is 56.8 Å². The minimum Gasteiger partial charge on any atom is -0.496 e. The Hall–Kier alpha value is -3.35. The van der Waals surface area contributed by atoms with Gasteiger partial charge in [0.2, 0.25) is 0 Å². The third kappa shape index (κ3) is 7.83. The molecule has 6 heteroatoms. The van der Waals surface area contributed by atoms with Crippen LogP contribution in [-0.4, -0.2) is 68.3 Å². The van der Waals surface area contributed by atoms with Gasteiger partial charge in [-0.25, -0.2) is 4.79 Å². The Kier molecular flexibility index (Phi) is 10.2. The van der Waals surface area contributed by atoms with Gasteiger partial charge in [0.25, 0.3) is 0 Å². The number of hydrogen-bond donors (Lipinski definition) is 2. The lowest BCUT2D eigenvalue weighted by Gasteiger charge is -2.33. The van der Waals surface area contributed by atoms with Crippen molar-refractivity contribution in [3.05, 3.63) is 84.4 Å². The number of anilines is 1. The molecule has 3 aromatic rings. The first kappa shape index (κ1) is 27.7. The summed E-state index contributed by atoms with van der Waals surface area (Å²) in [6, 6.07) is 26.9. The number of ether oxygens (including phenoxy) is 1. The smallest absolute Gasteiger partial charge is 0.319 e. The number of nitrogens with zero attached hydrogens (tertiary/aromatic N) is 2. The molecule has 0 spiro atoms. The lowest BCUT2D eigenvalue weighted by molar-refractivity contribution is 0.179. The number of piperidine rings is 1. The number of rotatable bonds is 11. The summed E-state index contributed by atoms with van der Waals surface area (Å²) in [6.45, 7) is 6.48. The van der Waals surface area contributed by atoms with Gasteiger partial charge in [-0.2, -0.15) is 0 Å². The quantitative estimate of drug-likeness (QED) is 0.334. The lowest BCUT2D eigenvalue weighted by atomic mass is 10.0. The highest BCUT2D eigenvalue weighted by Gasteiger charge is 2.21. The van der Waals surface area contributed by atoms with Crippen LogP contribution in [0.2, 0.25) is 0 Å². The highest BCUT2D eigenvalue weighted by atomic mass is 16.5. The third-order valence-corrected chi connectivity index (χ3v) is 7.63. The number of carbonyl (C=O) groups excluding carboxylic acids is 1. The standard InChI is InChI=1S/C32H42N4O2/c1-25(24-27-14-7-10-17-31(27)38-3)35(2)20-11-21-36-22-18-28(19-23-36)33-32(37)34-30-16-9-8-15-29(30)26-12-5-4-6-13-26/h4-10,12-17,25,28H,11,18-24H2,1-3H3,(H2,33,34,37). The molecule has 0 saturated carbocycles. The van der Waals surface area contributed by atoms with Gasteiger partial charge < -0.3 is 25.2 Å². The largest absolute Gasteiger partial charge is 0.496 e. The summed E-state index contributed by atoms with van der Waals surface area (Å²) in [6.07, 6.45) is 4.08. The second-order valence-electron chi connectivity index (χ2n) is 10.3. The molecule has 6 nitrogen and oxygen atoms in total. The highest BCUT2D eigenvalue weighted by Crippen LogP contribution is 2.27. The van der Waals surface area contributed by atoms with Crippen molar-refractivity contribution in [2.45, 2.75) is 44.7 Å². The van der Waals surface area contributed by atoms with Gasteiger partial charge in [0.15, 0.2) is 0 Å². The Morgan fingerprint density at radius 1 is 1.00 bits per heavy atom. The number of nitrogens with one attached hydrogen (secondary N) is 2. The van der Waals surface area contributed by atoms with E-state index in [1.165, 1.54) is 5.56 Å². The molecule has 0 bridgehead atoms. The van der Waals surface area contributed by atoms with Gasteiger partial charge in [0.05, 0.1) is 12.8 Å². The van der Waals surface area contributed by atoms with Crippen molar-refractivity contribution in [2.75, 3.05) is 45.7 Å². The van der Waals surface area contributed by atoms with E-state index < -0.39 is 0 Å². The Morgan fingerprint density at radius 2 is 1.68 bits per heavy atom. The summed E-state index contributed by atoms with van der Waals surface area (Å²) < 4.78 is 5.52. The maximum absolute atomic E-state index is 12.8. The van der Waals surface area contributed by atoms with E-state index in [4.69, 9.17) is 4.74 Å². The Balaban J connectivity index is 1.16. The summed E-state index contributed by atoms with van der Waals surface area (Å²) in [5.41, 5.74) is 4.21. The first-order valence-electron chi connectivity index (χ1n) is 13.8. The number of urea groups is 1. The summed E-state index contributed by atoms with van der Waals surface area (Å²) in [5, 5.41) is 6.27. The molecule has 2 amide bonds. The molecule has 1 saturated heterocycles. The molecule has 1 unspecified atom stereocenters. The van der Waals surface area contributed by atoms with E-state index in [2.05, 4.69) is 58.7 Å². The molecule has 4 rings (SSSR count). The summed E-state index contributed by atoms with van der Waals surface area (Å²) >= 11 is 0. The number of hydrogen-bond acceptors (Lipinski definition) is 4. The normalized spacial score (nSPS) is 15.3. The molecule has 1 aliphatic heterocycles. The van der Waals surface area contributed by atoms with Crippen LogP contribution < -0.4 is 15.4 Å². The Labute approximate surface area is 228 Å². The van der Waals surface area contributed by atoms with Crippen molar-refractivity contribution in [1.82, 2.24) is 15.1 Å². The second kappa shape index (κ2) is 14.0. The number of amides is 2. The van der Waals surface area contributed by atoms with E-state index in [1.54, 1.807) is 7.11 Å². The molecule has 3 aromatic carbocycles. The van der Waals surface area contributed by atoms with Crippen LogP contribution in [0.3, 0.4) is 0 Å². The number of benzene rings is 3. The van der Waals surface area contributed by atoms with Gasteiger partial charge in [-0.3, -0.25) is 0 Å². The van der Waals surface area contributed by atoms with Crippen LogP contribution in [0.5, 0.6) is 5.75 Å². The molecule has 0 aliphatic carbocycles. The van der Waals surface area contributed by atoms with E-state index in [0.717, 1.165) is 74.4 Å². The van der Waals surface area contributed by atoms with Gasteiger partial charge in [0, 0.05) is 30.7 Å². The number of carbonyl (C=O) groups is 1. The van der Waals surface area contributed by atoms with Crippen LogP contribution in [-0.2, 0) is 6.42 Å². The molecular weight excluding hydrogens is 472 g/mol. The van der Waals surface area contributed by atoms with E-state index in [1.807, 2.05) is 54.6 Å². The number of methoxy groups -OCH3 is 1. The van der Waals surface area contributed by atoms with E-state index in [9.17, 15) is 4.79 Å². The minimum absolute atomic E-state index is 0.127. The van der Waals surface area contributed by atoms with Crippen LogP contribution >= 0.6 is 0 Å². The maximum Gasteiger partial charge on any atom is 0.319 e. The average molecular weight is 515 g/mol. The second-order valence-corrected chi connectivity index (χ2v) is 10.3. The van der Waals surface area contributed by atoms with E-state index in [0.29, 0.717) is 6.04 Å². The number of likely N-dealkylation sites (N-methyl/N-ethyl adjacent to an activating group) is 1. The van der Waals surface area contributed by atoms with Crippen LogP contribution in [0.1, 0.15) is 31.7 Å². The van der Waals surface area contributed by atoms with E-state index in [-0.39, 0.29) is 12.1 Å². The molecular formula is C32H42N4O2. The number of para-hydroxylation sites is 2. The molecule has 0 aromatic heterocycles. The highest BCUT2D eigenvalue weighted by molar-refractivity contribution is 5.94. The zero-order valence-corrected chi connectivity index (χ0v) is 23.0. The maximum atomic E-state index is 12.8. The fourth-order valence-corrected chi connectivity index (χ4v) is 5.22. The van der Waals surface area contributed by atoms with E-state index >= 15 is 0 Å². The van der Waals surface area contributed by atoms with Crippen molar-refractivity contribution < 1.29 is 9.53 Å². The van der Waals surface area contributed by atoms with Crippen molar-refractivity contribution in [1.29, 1.82) is 0 Å². The van der Waals surface area contributed by atoms with Crippen molar-refractivity contribution >= 4 is 11.7 Å². The first-order chi connectivity index (χ1) is 18.5. The third-order valence-electron chi connectivity index (χ3n) is 7.63. The molecule has 1 heterocycles. The van der Waals surface area contributed by atoms with Gasteiger partial charge >= 0.3 is 6.03 Å². The Morgan fingerprint density at radius 3 is 2.45 bits per heavy atom. The molecule has 38 heavy (non-hydrogen) atoms. The van der Waals surface area contributed by atoms with Gasteiger partial charge in [-0.15, -0.1) is 0 Å². The van der Waals surface area contributed by atoms with Gasteiger partial charge in [-0.05, 0) is 76.0 Å². The van der Waals surface area contributed by atoms with Crippen LogP contribution in [0, 0.1) is 0 Å². The first-order valence-corrected chi connectivity index (χ1v) is 13.8. The minimum atomic E-state index is -0.127. The summed E-state index contributed by atoms with van der Waals surface area (Å²) in [5.74, 6) is 0.971.